The zero-order valence-electron chi connectivity index (χ0n) is 14.8. The third-order valence-corrected chi connectivity index (χ3v) is 5.24. The lowest BCUT2D eigenvalue weighted by atomic mass is 10.1. The Balaban J connectivity index is 1.92. The summed E-state index contributed by atoms with van der Waals surface area (Å²) in [7, 11) is 1.52. The number of anilines is 2. The Morgan fingerprint density at radius 3 is 2.81 bits per heavy atom. The number of nitrogen functional groups attached to an aromatic ring is 1. The molecule has 0 saturated heterocycles. The maximum atomic E-state index is 12.7. The van der Waals surface area contributed by atoms with Gasteiger partial charge in [0.25, 0.3) is 5.91 Å². The number of hydrogen-bond acceptors (Lipinski definition) is 5. The van der Waals surface area contributed by atoms with Crippen LogP contribution in [0.15, 0.2) is 30.3 Å². The largest absolute Gasteiger partial charge is 0.495 e. The molecule has 1 amide bonds. The smallest absolute Gasteiger partial charge is 0.268 e. The minimum absolute atomic E-state index is 0.295. The monoisotopic (exact) mass is 389 g/mol. The Morgan fingerprint density at radius 1 is 1.35 bits per heavy atom. The molecule has 3 N–H and O–H groups in total. The second-order valence-electron chi connectivity index (χ2n) is 6.40. The van der Waals surface area contributed by atoms with Gasteiger partial charge >= 0.3 is 0 Å². The molecule has 0 unspecified atom stereocenters. The van der Waals surface area contributed by atoms with Crippen LogP contribution >= 0.6 is 22.9 Å². The molecule has 5 nitrogen and oxygen atoms in total. The Bertz CT molecular complexity index is 969. The van der Waals surface area contributed by atoms with Gasteiger partial charge in [-0.25, -0.2) is 4.98 Å². The molecule has 3 rings (SSSR count). The van der Waals surface area contributed by atoms with Gasteiger partial charge < -0.3 is 15.8 Å². The van der Waals surface area contributed by atoms with Gasteiger partial charge in [-0.05, 0) is 36.6 Å². The number of hydrogen-bond donors (Lipinski definition) is 2. The normalized spacial score (nSPS) is 11.1. The number of carbonyl (C=O) groups is 1. The molecule has 136 valence electrons. The van der Waals surface area contributed by atoms with Gasteiger partial charge in [-0.1, -0.05) is 25.4 Å². The van der Waals surface area contributed by atoms with E-state index in [4.69, 9.17) is 22.1 Å². The first-order valence-electron chi connectivity index (χ1n) is 8.21. The molecule has 0 radical (unpaired) electrons. The van der Waals surface area contributed by atoms with Crippen LogP contribution in [0.2, 0.25) is 5.02 Å². The molecule has 0 fully saturated rings. The summed E-state index contributed by atoms with van der Waals surface area (Å²) in [5.74, 6) is 0.705. The highest BCUT2D eigenvalue weighted by atomic mass is 35.5. The number of aromatic nitrogens is 1. The first kappa shape index (κ1) is 18.5. The van der Waals surface area contributed by atoms with Crippen LogP contribution < -0.4 is 15.8 Å². The number of nitrogens with one attached hydrogen (secondary N) is 1. The van der Waals surface area contributed by atoms with E-state index in [1.165, 1.54) is 18.4 Å². The molecule has 2 heterocycles. The fourth-order valence-electron chi connectivity index (χ4n) is 2.68. The van der Waals surface area contributed by atoms with Gasteiger partial charge in [-0.2, -0.15) is 0 Å². The summed E-state index contributed by atoms with van der Waals surface area (Å²) in [5, 5.41) is 4.17. The SMILES string of the molecule is COc1cc(Cl)ccc1NC(=O)c1sc2nc(CC(C)C)ccc2c1N. The van der Waals surface area contributed by atoms with Crippen molar-refractivity contribution in [3.05, 3.63) is 45.9 Å². The van der Waals surface area contributed by atoms with Crippen molar-refractivity contribution in [1.82, 2.24) is 4.98 Å². The zero-order chi connectivity index (χ0) is 18.8. The van der Waals surface area contributed by atoms with Gasteiger partial charge in [0, 0.05) is 22.2 Å². The third kappa shape index (κ3) is 3.76. The van der Waals surface area contributed by atoms with Crippen molar-refractivity contribution in [2.24, 2.45) is 5.92 Å². The van der Waals surface area contributed by atoms with Crippen LogP contribution in [0.5, 0.6) is 5.75 Å². The molecule has 3 aromatic rings. The van der Waals surface area contributed by atoms with E-state index in [0.29, 0.717) is 32.9 Å². The number of nitrogens with zero attached hydrogens (tertiary/aromatic N) is 1. The lowest BCUT2D eigenvalue weighted by Crippen LogP contribution is -2.12. The first-order valence-corrected chi connectivity index (χ1v) is 9.41. The van der Waals surface area contributed by atoms with Crippen LogP contribution in [0, 0.1) is 5.92 Å². The van der Waals surface area contributed by atoms with E-state index >= 15 is 0 Å². The average Bonchev–Trinajstić information content (AvgIpc) is 2.92. The number of halogens is 1. The van der Waals surface area contributed by atoms with Gasteiger partial charge in [0.15, 0.2) is 0 Å². The van der Waals surface area contributed by atoms with Gasteiger partial charge in [0.1, 0.15) is 15.5 Å². The predicted octanol–water partition coefficient (Wildman–Crippen LogP) is 4.99. The molecular formula is C19H20ClN3O2S. The molecule has 0 aliphatic carbocycles. The topological polar surface area (TPSA) is 77.2 Å². The summed E-state index contributed by atoms with van der Waals surface area (Å²) in [6, 6.07) is 8.93. The maximum Gasteiger partial charge on any atom is 0.268 e. The summed E-state index contributed by atoms with van der Waals surface area (Å²) >= 11 is 7.25. The lowest BCUT2D eigenvalue weighted by Gasteiger charge is -2.10. The molecule has 7 heteroatoms. The zero-order valence-corrected chi connectivity index (χ0v) is 16.4. The number of methoxy groups -OCH3 is 1. The summed E-state index contributed by atoms with van der Waals surface area (Å²) in [4.78, 5) is 18.6. The highest BCUT2D eigenvalue weighted by Crippen LogP contribution is 2.34. The fourth-order valence-corrected chi connectivity index (χ4v) is 3.85. The lowest BCUT2D eigenvalue weighted by molar-refractivity contribution is 0.103. The number of fused-ring (bicyclic) bond motifs is 1. The van der Waals surface area contributed by atoms with Crippen LogP contribution in [0.1, 0.15) is 29.2 Å². The highest BCUT2D eigenvalue weighted by Gasteiger charge is 2.19. The van der Waals surface area contributed by atoms with Gasteiger partial charge in [-0.3, -0.25) is 4.79 Å². The van der Waals surface area contributed by atoms with Gasteiger partial charge in [0.05, 0.1) is 18.5 Å². The number of carbonyl (C=O) groups excluding carboxylic acids is 1. The summed E-state index contributed by atoms with van der Waals surface area (Å²) in [6.45, 7) is 4.29. The maximum absolute atomic E-state index is 12.7. The molecule has 0 aliphatic heterocycles. The minimum atomic E-state index is -0.295. The Hall–Kier alpha value is -2.31. The van der Waals surface area contributed by atoms with Crippen molar-refractivity contribution in [2.45, 2.75) is 20.3 Å². The van der Waals surface area contributed by atoms with E-state index in [1.54, 1.807) is 18.2 Å². The van der Waals surface area contributed by atoms with Crippen molar-refractivity contribution >= 4 is 50.4 Å². The minimum Gasteiger partial charge on any atom is -0.495 e. The van der Waals surface area contributed by atoms with E-state index in [2.05, 4.69) is 24.1 Å². The van der Waals surface area contributed by atoms with Crippen LogP contribution in [-0.4, -0.2) is 18.0 Å². The van der Waals surface area contributed by atoms with Crippen molar-refractivity contribution in [1.29, 1.82) is 0 Å². The second kappa shape index (κ2) is 7.51. The van der Waals surface area contributed by atoms with E-state index in [1.807, 2.05) is 12.1 Å². The summed E-state index contributed by atoms with van der Waals surface area (Å²) < 4.78 is 5.27. The number of thiophene rings is 1. The summed E-state index contributed by atoms with van der Waals surface area (Å²) in [6.07, 6.45) is 0.886. The van der Waals surface area contributed by atoms with Gasteiger partial charge in [0.2, 0.25) is 0 Å². The Morgan fingerprint density at radius 2 is 2.12 bits per heavy atom. The number of ether oxygens (including phenoxy) is 1. The molecule has 0 bridgehead atoms. The molecule has 0 atom stereocenters. The van der Waals surface area contributed by atoms with Crippen LogP contribution in [0.3, 0.4) is 0 Å². The molecule has 1 aromatic carbocycles. The number of benzene rings is 1. The first-order chi connectivity index (χ1) is 12.4. The number of pyridine rings is 1. The van der Waals surface area contributed by atoms with Crippen molar-refractivity contribution < 1.29 is 9.53 Å². The summed E-state index contributed by atoms with van der Waals surface area (Å²) in [5.41, 5.74) is 8.17. The molecule has 26 heavy (non-hydrogen) atoms. The second-order valence-corrected chi connectivity index (χ2v) is 7.83. The molecular weight excluding hydrogens is 370 g/mol. The van der Waals surface area contributed by atoms with Gasteiger partial charge in [-0.15, -0.1) is 11.3 Å². The predicted molar refractivity (Wildman–Crippen MR) is 109 cm³/mol. The number of rotatable bonds is 5. The van der Waals surface area contributed by atoms with Crippen LogP contribution in [-0.2, 0) is 6.42 Å². The van der Waals surface area contributed by atoms with Crippen molar-refractivity contribution in [2.75, 3.05) is 18.2 Å². The number of amides is 1. The Kier molecular flexibility index (Phi) is 5.34. The standard InChI is InChI=1S/C19H20ClN3O2S/c1-10(2)8-12-5-6-13-16(21)17(26-19(13)22-12)18(24)23-14-7-4-11(20)9-15(14)25-3/h4-7,9-10H,8,21H2,1-3H3,(H,23,24). The quantitative estimate of drug-likeness (QED) is 0.644. The van der Waals surface area contributed by atoms with E-state index in [0.717, 1.165) is 22.3 Å². The average molecular weight is 390 g/mol. The Labute approximate surface area is 161 Å². The van der Waals surface area contributed by atoms with Crippen LogP contribution in [0.4, 0.5) is 11.4 Å². The third-order valence-electron chi connectivity index (χ3n) is 3.89. The molecule has 0 saturated carbocycles. The van der Waals surface area contributed by atoms with Crippen molar-refractivity contribution in [3.63, 3.8) is 0 Å². The molecule has 2 aromatic heterocycles. The van der Waals surface area contributed by atoms with E-state index < -0.39 is 0 Å². The van der Waals surface area contributed by atoms with Crippen LogP contribution in [0.25, 0.3) is 10.2 Å². The highest BCUT2D eigenvalue weighted by molar-refractivity contribution is 7.21. The molecule has 0 aliphatic rings. The van der Waals surface area contributed by atoms with E-state index in [-0.39, 0.29) is 5.91 Å². The van der Waals surface area contributed by atoms with Crippen molar-refractivity contribution in [3.8, 4) is 5.75 Å². The number of nitrogens with two attached hydrogens (primary N) is 1. The van der Waals surface area contributed by atoms with E-state index in [9.17, 15) is 4.79 Å². The fraction of sp³-hybridized carbons (Fsp3) is 0.263. The molecule has 0 spiro atoms.